The molecule has 0 radical (unpaired) electrons. The number of nitrogens with zero attached hydrogens (tertiary/aromatic N) is 1. The lowest BCUT2D eigenvalue weighted by molar-refractivity contribution is -0.142. The Balaban J connectivity index is 1.78. The van der Waals surface area contributed by atoms with Crippen molar-refractivity contribution in [2.24, 2.45) is 5.92 Å². The zero-order valence-electron chi connectivity index (χ0n) is 11.8. The lowest BCUT2D eigenvalue weighted by Gasteiger charge is -2.26. The third-order valence-corrected chi connectivity index (χ3v) is 3.61. The summed E-state index contributed by atoms with van der Waals surface area (Å²) < 4.78 is 4.94. The van der Waals surface area contributed by atoms with Crippen LogP contribution in [0.15, 0.2) is 18.3 Å². The van der Waals surface area contributed by atoms with Crippen LogP contribution < -0.4 is 15.4 Å². The Morgan fingerprint density at radius 3 is 2.52 bits per heavy atom. The number of urea groups is 1. The van der Waals surface area contributed by atoms with E-state index in [1.807, 2.05) is 0 Å². The van der Waals surface area contributed by atoms with Gasteiger partial charge in [0.15, 0.2) is 0 Å². The molecule has 1 aromatic heterocycles. The molecule has 21 heavy (non-hydrogen) atoms. The summed E-state index contributed by atoms with van der Waals surface area (Å²) in [6, 6.07) is 3.08. The first-order valence-corrected chi connectivity index (χ1v) is 6.89. The first kappa shape index (κ1) is 15.1. The summed E-state index contributed by atoms with van der Waals surface area (Å²) in [5, 5.41) is 14.5. The molecule has 1 saturated carbocycles. The third kappa shape index (κ3) is 4.34. The Hall–Kier alpha value is -2.31. The van der Waals surface area contributed by atoms with Crippen molar-refractivity contribution in [1.29, 1.82) is 0 Å². The van der Waals surface area contributed by atoms with Gasteiger partial charge in [0.1, 0.15) is 0 Å². The van der Waals surface area contributed by atoms with E-state index in [1.54, 1.807) is 12.1 Å². The average molecular weight is 293 g/mol. The van der Waals surface area contributed by atoms with Gasteiger partial charge in [0.25, 0.3) is 0 Å². The molecule has 1 fully saturated rings. The molecule has 1 heterocycles. The first-order chi connectivity index (χ1) is 10.1. The average Bonchev–Trinajstić information content (AvgIpc) is 2.48. The number of amides is 2. The number of carbonyl (C=O) groups excluding carboxylic acids is 1. The number of carboxylic acids is 1. The van der Waals surface area contributed by atoms with Crippen molar-refractivity contribution in [1.82, 2.24) is 10.3 Å². The maximum Gasteiger partial charge on any atom is 0.319 e. The van der Waals surface area contributed by atoms with Gasteiger partial charge in [-0.05, 0) is 31.7 Å². The fraction of sp³-hybridized carbons (Fsp3) is 0.500. The molecule has 114 valence electrons. The molecule has 0 aliphatic heterocycles. The van der Waals surface area contributed by atoms with Crippen LogP contribution in [0.5, 0.6) is 5.88 Å². The van der Waals surface area contributed by atoms with Gasteiger partial charge in [0, 0.05) is 12.1 Å². The second-order valence-corrected chi connectivity index (χ2v) is 5.07. The Bertz CT molecular complexity index is 495. The van der Waals surface area contributed by atoms with Crippen molar-refractivity contribution in [3.05, 3.63) is 18.3 Å². The number of carboxylic acid groups (broad SMARTS) is 1. The van der Waals surface area contributed by atoms with Crippen LogP contribution in [-0.4, -0.2) is 35.2 Å². The summed E-state index contributed by atoms with van der Waals surface area (Å²) in [6.07, 6.45) is 4.09. The Morgan fingerprint density at radius 2 is 2.00 bits per heavy atom. The highest BCUT2D eigenvalue weighted by atomic mass is 16.5. The van der Waals surface area contributed by atoms with Crippen LogP contribution in [-0.2, 0) is 4.79 Å². The minimum atomic E-state index is -0.748. The number of aliphatic carboxylic acids is 1. The van der Waals surface area contributed by atoms with E-state index in [9.17, 15) is 9.59 Å². The third-order valence-electron chi connectivity index (χ3n) is 3.61. The molecule has 7 nitrogen and oxygen atoms in total. The minimum Gasteiger partial charge on any atom is -0.481 e. The van der Waals surface area contributed by atoms with Crippen LogP contribution in [0.3, 0.4) is 0 Å². The molecular weight excluding hydrogens is 274 g/mol. The van der Waals surface area contributed by atoms with Crippen LogP contribution in [0, 0.1) is 5.92 Å². The van der Waals surface area contributed by atoms with Crippen LogP contribution in [0.2, 0.25) is 0 Å². The fourth-order valence-corrected chi connectivity index (χ4v) is 2.41. The Kier molecular flexibility index (Phi) is 4.97. The summed E-state index contributed by atoms with van der Waals surface area (Å²) in [5.41, 5.74) is 0.576. The SMILES string of the molecule is COc1ccc(NC(=O)NC2CCC(C(=O)O)CC2)cn1. The molecule has 1 aromatic rings. The number of hydrogen-bond acceptors (Lipinski definition) is 4. The highest BCUT2D eigenvalue weighted by molar-refractivity contribution is 5.89. The minimum absolute atomic E-state index is 0.0202. The molecule has 3 N–H and O–H groups in total. The molecule has 7 heteroatoms. The number of aromatic nitrogens is 1. The van der Waals surface area contributed by atoms with Gasteiger partial charge >= 0.3 is 12.0 Å². The highest BCUT2D eigenvalue weighted by Gasteiger charge is 2.26. The van der Waals surface area contributed by atoms with Gasteiger partial charge in [-0.25, -0.2) is 9.78 Å². The van der Waals surface area contributed by atoms with Crippen molar-refractivity contribution in [3.63, 3.8) is 0 Å². The van der Waals surface area contributed by atoms with Crippen LogP contribution in [0.4, 0.5) is 10.5 Å². The molecule has 1 aliphatic rings. The number of carbonyl (C=O) groups is 2. The van der Waals surface area contributed by atoms with E-state index in [1.165, 1.54) is 13.3 Å². The molecule has 0 aromatic carbocycles. The lowest BCUT2D eigenvalue weighted by atomic mass is 9.86. The monoisotopic (exact) mass is 293 g/mol. The van der Waals surface area contributed by atoms with E-state index in [4.69, 9.17) is 9.84 Å². The van der Waals surface area contributed by atoms with Crippen molar-refractivity contribution in [2.75, 3.05) is 12.4 Å². The van der Waals surface area contributed by atoms with Gasteiger partial charge in [-0.2, -0.15) is 0 Å². The lowest BCUT2D eigenvalue weighted by Crippen LogP contribution is -2.40. The summed E-state index contributed by atoms with van der Waals surface area (Å²) >= 11 is 0. The first-order valence-electron chi connectivity index (χ1n) is 6.89. The smallest absolute Gasteiger partial charge is 0.319 e. The van der Waals surface area contributed by atoms with Gasteiger partial charge < -0.3 is 20.5 Å². The van der Waals surface area contributed by atoms with Gasteiger partial charge in [-0.1, -0.05) is 0 Å². The second kappa shape index (κ2) is 6.92. The van der Waals surface area contributed by atoms with E-state index in [0.29, 0.717) is 37.3 Å². The van der Waals surface area contributed by atoms with Crippen LogP contribution >= 0.6 is 0 Å². The number of hydrogen-bond donors (Lipinski definition) is 3. The number of pyridine rings is 1. The van der Waals surface area contributed by atoms with Crippen molar-refractivity contribution < 1.29 is 19.4 Å². The predicted molar refractivity (Wildman–Crippen MR) is 76.3 cm³/mol. The topological polar surface area (TPSA) is 101 Å². The second-order valence-electron chi connectivity index (χ2n) is 5.07. The summed E-state index contributed by atoms with van der Waals surface area (Å²) in [4.78, 5) is 26.7. The number of methoxy groups -OCH3 is 1. The normalized spacial score (nSPS) is 21.4. The zero-order chi connectivity index (χ0) is 15.2. The van der Waals surface area contributed by atoms with Crippen LogP contribution in [0.25, 0.3) is 0 Å². The molecule has 1 aliphatic carbocycles. The summed E-state index contributed by atoms with van der Waals surface area (Å²) in [5.74, 6) is -0.549. The van der Waals surface area contributed by atoms with Gasteiger partial charge in [0.05, 0.1) is 24.9 Å². The summed E-state index contributed by atoms with van der Waals surface area (Å²) in [7, 11) is 1.52. The summed E-state index contributed by atoms with van der Waals surface area (Å²) in [6.45, 7) is 0. The van der Waals surface area contributed by atoms with Crippen LogP contribution in [0.1, 0.15) is 25.7 Å². The van der Waals surface area contributed by atoms with Gasteiger partial charge in [0.2, 0.25) is 5.88 Å². The molecule has 0 atom stereocenters. The molecule has 0 saturated heterocycles. The highest BCUT2D eigenvalue weighted by Crippen LogP contribution is 2.24. The molecular formula is C14H19N3O4. The molecule has 0 bridgehead atoms. The zero-order valence-corrected chi connectivity index (χ0v) is 11.8. The van der Waals surface area contributed by atoms with E-state index in [0.717, 1.165) is 0 Å². The van der Waals surface area contributed by atoms with Crippen molar-refractivity contribution >= 4 is 17.7 Å². The maximum absolute atomic E-state index is 11.9. The standard InChI is InChI=1S/C14H19N3O4/c1-21-12-7-6-11(8-15-12)17-14(20)16-10-4-2-9(3-5-10)13(18)19/h6-10H,2-5H2,1H3,(H,18,19)(H2,16,17,20). The molecule has 0 unspecified atom stereocenters. The predicted octanol–water partition coefficient (Wildman–Crippen LogP) is 1.86. The largest absolute Gasteiger partial charge is 0.481 e. The van der Waals surface area contributed by atoms with Gasteiger partial charge in [-0.15, -0.1) is 0 Å². The van der Waals surface area contributed by atoms with E-state index < -0.39 is 5.97 Å². The van der Waals surface area contributed by atoms with E-state index >= 15 is 0 Å². The number of ether oxygens (including phenoxy) is 1. The number of nitrogens with one attached hydrogen (secondary N) is 2. The molecule has 0 spiro atoms. The van der Waals surface area contributed by atoms with E-state index in [2.05, 4.69) is 15.6 Å². The van der Waals surface area contributed by atoms with Gasteiger partial charge in [-0.3, -0.25) is 4.79 Å². The number of rotatable bonds is 4. The Morgan fingerprint density at radius 1 is 1.29 bits per heavy atom. The molecule has 2 amide bonds. The Labute approximate surface area is 122 Å². The number of anilines is 1. The maximum atomic E-state index is 11.9. The van der Waals surface area contributed by atoms with Crippen molar-refractivity contribution in [3.8, 4) is 5.88 Å². The quantitative estimate of drug-likeness (QED) is 0.786. The van der Waals surface area contributed by atoms with Crippen molar-refractivity contribution in [2.45, 2.75) is 31.7 Å². The fourth-order valence-electron chi connectivity index (χ4n) is 2.41. The van der Waals surface area contributed by atoms with E-state index in [-0.39, 0.29) is 18.0 Å². The molecule has 2 rings (SSSR count).